The van der Waals surface area contributed by atoms with E-state index in [4.69, 9.17) is 4.43 Å². The van der Waals surface area contributed by atoms with Gasteiger partial charge < -0.3 is 4.43 Å². The summed E-state index contributed by atoms with van der Waals surface area (Å²) in [6.07, 6.45) is 5.68. The lowest BCUT2D eigenvalue weighted by molar-refractivity contribution is 0.162. The first kappa shape index (κ1) is 13.8. The normalized spacial score (nSPS) is 20.9. The fourth-order valence-electron chi connectivity index (χ4n) is 2.31. The van der Waals surface area contributed by atoms with Gasteiger partial charge in [0.2, 0.25) is 0 Å². The second kappa shape index (κ2) is 4.49. The molecule has 0 radical (unpaired) electrons. The van der Waals surface area contributed by atoms with Gasteiger partial charge in [0.05, 0.1) is 12.3 Å². The van der Waals surface area contributed by atoms with E-state index in [1.54, 1.807) is 0 Å². The molecule has 0 aliphatic heterocycles. The first-order valence-corrected chi connectivity index (χ1v) is 9.79. The number of hydrogen-bond donors (Lipinski definition) is 0. The van der Waals surface area contributed by atoms with Crippen LogP contribution >= 0.6 is 0 Å². The van der Waals surface area contributed by atoms with Crippen LogP contribution in [0.4, 0.5) is 0 Å². The van der Waals surface area contributed by atoms with E-state index >= 15 is 0 Å². The molecule has 1 aliphatic carbocycles. The molecule has 1 aliphatic rings. The Morgan fingerprint density at radius 2 is 2.06 bits per heavy atom. The highest BCUT2D eigenvalue weighted by molar-refractivity contribution is 6.74. The molecule has 1 aromatic rings. The quantitative estimate of drug-likeness (QED) is 0.768. The minimum atomic E-state index is -1.64. The molecule has 0 saturated carbocycles. The highest BCUT2D eigenvalue weighted by atomic mass is 28.4. The number of nitrogens with zero attached hydrogens (tertiary/aromatic N) is 2. The predicted octanol–water partition coefficient (Wildman–Crippen LogP) is 3.30. The van der Waals surface area contributed by atoms with Crippen LogP contribution in [0.3, 0.4) is 0 Å². The largest absolute Gasteiger partial charge is 0.414 e. The Morgan fingerprint density at radius 3 is 2.67 bits per heavy atom. The van der Waals surface area contributed by atoms with Gasteiger partial charge in [0, 0.05) is 19.2 Å². The van der Waals surface area contributed by atoms with Crippen LogP contribution in [0.5, 0.6) is 0 Å². The standard InChI is InChI=1S/C14H26N2OSi/c1-14(2,3)18(5,6)17-12-8-7-11-10-15-16(4)13(11)9-12/h10,12H,7-9H2,1-6H3. The monoisotopic (exact) mass is 266 g/mol. The third-order valence-electron chi connectivity index (χ3n) is 4.57. The maximum Gasteiger partial charge on any atom is 0.192 e. The van der Waals surface area contributed by atoms with Gasteiger partial charge in [-0.05, 0) is 36.5 Å². The van der Waals surface area contributed by atoms with E-state index in [9.17, 15) is 0 Å². The lowest BCUT2D eigenvalue weighted by atomic mass is 9.96. The third-order valence-corrected chi connectivity index (χ3v) is 9.11. The number of aromatic nitrogens is 2. The molecule has 1 aromatic heterocycles. The maximum absolute atomic E-state index is 6.52. The van der Waals surface area contributed by atoms with Crippen LogP contribution < -0.4 is 0 Å². The number of hydrogen-bond acceptors (Lipinski definition) is 2. The average Bonchev–Trinajstić information content (AvgIpc) is 2.58. The Kier molecular flexibility index (Phi) is 3.45. The van der Waals surface area contributed by atoms with E-state index in [0.29, 0.717) is 11.1 Å². The second-order valence-electron chi connectivity index (χ2n) is 6.98. The molecule has 3 nitrogen and oxygen atoms in total. The van der Waals surface area contributed by atoms with Gasteiger partial charge in [-0.3, -0.25) is 4.68 Å². The summed E-state index contributed by atoms with van der Waals surface area (Å²) in [5, 5.41) is 4.64. The van der Waals surface area contributed by atoms with Crippen molar-refractivity contribution in [3.05, 3.63) is 17.5 Å². The smallest absolute Gasteiger partial charge is 0.192 e. The van der Waals surface area contributed by atoms with Crippen molar-refractivity contribution in [3.8, 4) is 0 Å². The van der Waals surface area contributed by atoms with Crippen molar-refractivity contribution in [2.45, 2.75) is 64.3 Å². The third kappa shape index (κ3) is 2.54. The van der Waals surface area contributed by atoms with Crippen molar-refractivity contribution in [3.63, 3.8) is 0 Å². The predicted molar refractivity (Wildman–Crippen MR) is 77.3 cm³/mol. The number of fused-ring (bicyclic) bond motifs is 1. The molecule has 1 atom stereocenters. The molecule has 2 rings (SSSR count). The van der Waals surface area contributed by atoms with Crippen molar-refractivity contribution in [1.82, 2.24) is 9.78 Å². The Balaban J connectivity index is 2.08. The summed E-state index contributed by atoms with van der Waals surface area (Å²) in [5.74, 6) is 0. The van der Waals surface area contributed by atoms with Crippen molar-refractivity contribution < 1.29 is 4.43 Å². The van der Waals surface area contributed by atoms with Crippen LogP contribution in [-0.2, 0) is 24.3 Å². The summed E-state index contributed by atoms with van der Waals surface area (Å²) in [7, 11) is 0.395. The van der Waals surface area contributed by atoms with Crippen molar-refractivity contribution in [2.24, 2.45) is 7.05 Å². The maximum atomic E-state index is 6.52. The van der Waals surface area contributed by atoms with Crippen molar-refractivity contribution >= 4 is 8.32 Å². The van der Waals surface area contributed by atoms with E-state index in [1.165, 1.54) is 11.3 Å². The van der Waals surface area contributed by atoms with Crippen LogP contribution in [-0.4, -0.2) is 24.2 Å². The molecule has 18 heavy (non-hydrogen) atoms. The first-order chi connectivity index (χ1) is 8.21. The summed E-state index contributed by atoms with van der Waals surface area (Å²) in [6, 6.07) is 0. The van der Waals surface area contributed by atoms with Crippen LogP contribution in [0.15, 0.2) is 6.20 Å². The molecular formula is C14H26N2OSi. The number of rotatable bonds is 2. The van der Waals surface area contributed by atoms with E-state index in [1.807, 2.05) is 17.9 Å². The zero-order valence-electron chi connectivity index (χ0n) is 12.6. The Hall–Kier alpha value is -0.613. The van der Waals surface area contributed by atoms with Crippen molar-refractivity contribution in [1.29, 1.82) is 0 Å². The van der Waals surface area contributed by atoms with Gasteiger partial charge in [0.15, 0.2) is 8.32 Å². The molecule has 0 bridgehead atoms. The topological polar surface area (TPSA) is 27.1 Å². The molecule has 0 saturated heterocycles. The molecule has 1 unspecified atom stereocenters. The molecule has 0 spiro atoms. The fourth-order valence-corrected chi connectivity index (χ4v) is 3.70. The van der Waals surface area contributed by atoms with E-state index in [2.05, 4.69) is 39.0 Å². The van der Waals surface area contributed by atoms with Crippen molar-refractivity contribution in [2.75, 3.05) is 0 Å². The summed E-state index contributed by atoms with van der Waals surface area (Å²) >= 11 is 0. The fraction of sp³-hybridized carbons (Fsp3) is 0.786. The summed E-state index contributed by atoms with van der Waals surface area (Å²) in [6.45, 7) is 11.6. The molecular weight excluding hydrogens is 240 g/mol. The van der Waals surface area contributed by atoms with Gasteiger partial charge in [-0.15, -0.1) is 0 Å². The van der Waals surface area contributed by atoms with Gasteiger partial charge in [-0.1, -0.05) is 20.8 Å². The molecule has 4 heteroatoms. The summed E-state index contributed by atoms with van der Waals surface area (Å²) in [5.41, 5.74) is 2.78. The number of aryl methyl sites for hydroxylation is 2. The highest BCUT2D eigenvalue weighted by Gasteiger charge is 2.39. The highest BCUT2D eigenvalue weighted by Crippen LogP contribution is 2.38. The molecule has 0 aromatic carbocycles. The minimum Gasteiger partial charge on any atom is -0.414 e. The average molecular weight is 266 g/mol. The van der Waals surface area contributed by atoms with E-state index in [-0.39, 0.29) is 0 Å². The van der Waals surface area contributed by atoms with Crippen LogP contribution in [0.2, 0.25) is 18.1 Å². The molecule has 0 N–H and O–H groups in total. The Labute approximate surface area is 112 Å². The molecule has 0 amide bonds. The lowest BCUT2D eigenvalue weighted by Crippen LogP contribution is -2.45. The SMILES string of the molecule is Cn1ncc2c1CC(O[Si](C)(C)C(C)(C)C)CC2. The van der Waals surface area contributed by atoms with Gasteiger partial charge in [-0.25, -0.2) is 0 Å². The van der Waals surface area contributed by atoms with Crippen LogP contribution in [0.1, 0.15) is 38.4 Å². The second-order valence-corrected chi connectivity index (χ2v) is 11.7. The van der Waals surface area contributed by atoms with Gasteiger partial charge >= 0.3 is 0 Å². The Bertz CT molecular complexity index is 431. The molecule has 0 fully saturated rings. The summed E-state index contributed by atoms with van der Waals surface area (Å²) in [4.78, 5) is 0. The van der Waals surface area contributed by atoms with Gasteiger partial charge in [-0.2, -0.15) is 5.10 Å². The van der Waals surface area contributed by atoms with Gasteiger partial charge in [0.1, 0.15) is 0 Å². The van der Waals surface area contributed by atoms with Crippen LogP contribution in [0, 0.1) is 0 Å². The van der Waals surface area contributed by atoms with E-state index in [0.717, 1.165) is 19.3 Å². The zero-order chi connectivity index (χ0) is 13.6. The minimum absolute atomic E-state index is 0.291. The summed E-state index contributed by atoms with van der Waals surface area (Å²) < 4.78 is 8.53. The zero-order valence-corrected chi connectivity index (χ0v) is 13.6. The first-order valence-electron chi connectivity index (χ1n) is 6.88. The molecule has 1 heterocycles. The lowest BCUT2D eigenvalue weighted by Gasteiger charge is -2.40. The molecule has 102 valence electrons. The van der Waals surface area contributed by atoms with Crippen LogP contribution in [0.25, 0.3) is 0 Å². The van der Waals surface area contributed by atoms with E-state index < -0.39 is 8.32 Å². The van der Waals surface area contributed by atoms with Gasteiger partial charge in [0.25, 0.3) is 0 Å². The Morgan fingerprint density at radius 1 is 1.39 bits per heavy atom.